The van der Waals surface area contributed by atoms with Gasteiger partial charge in [0.05, 0.1) is 36.4 Å². The predicted octanol–water partition coefficient (Wildman–Crippen LogP) is 4.97. The highest BCUT2D eigenvalue weighted by atomic mass is 35.5. The van der Waals surface area contributed by atoms with Crippen molar-refractivity contribution in [2.75, 3.05) is 6.61 Å². The van der Waals surface area contributed by atoms with Crippen molar-refractivity contribution in [3.05, 3.63) is 99.5 Å². The molecule has 8 heteroatoms. The Morgan fingerprint density at radius 2 is 1.97 bits per heavy atom. The minimum atomic E-state index is -0.509. The van der Waals surface area contributed by atoms with Gasteiger partial charge in [-0.3, -0.25) is 14.2 Å². The van der Waals surface area contributed by atoms with E-state index in [1.165, 1.54) is 0 Å². The first-order valence-corrected chi connectivity index (χ1v) is 11.5. The van der Waals surface area contributed by atoms with E-state index in [2.05, 4.69) is 0 Å². The molecule has 0 fully saturated rings. The van der Waals surface area contributed by atoms with Crippen LogP contribution in [0, 0.1) is 0 Å². The van der Waals surface area contributed by atoms with Gasteiger partial charge in [0.1, 0.15) is 18.2 Å². The van der Waals surface area contributed by atoms with Gasteiger partial charge in [-0.05, 0) is 49.7 Å². The molecule has 0 radical (unpaired) electrons. The maximum absolute atomic E-state index is 13.3. The number of benzene rings is 2. The van der Waals surface area contributed by atoms with Crippen molar-refractivity contribution in [1.29, 1.82) is 0 Å². The quantitative estimate of drug-likeness (QED) is 0.338. The van der Waals surface area contributed by atoms with Crippen molar-refractivity contribution in [3.63, 3.8) is 0 Å². The van der Waals surface area contributed by atoms with Crippen molar-refractivity contribution in [3.8, 4) is 0 Å². The van der Waals surface area contributed by atoms with E-state index in [1.54, 1.807) is 46.1 Å². The van der Waals surface area contributed by atoms with Crippen LogP contribution in [0.15, 0.2) is 76.1 Å². The van der Waals surface area contributed by atoms with Crippen LogP contribution in [0.25, 0.3) is 10.9 Å². The van der Waals surface area contributed by atoms with Crippen LogP contribution < -0.4 is 5.56 Å². The summed E-state index contributed by atoms with van der Waals surface area (Å²) in [6.45, 7) is 4.57. The molecule has 2 heterocycles. The summed E-state index contributed by atoms with van der Waals surface area (Å²) in [7, 11) is 0. The third-order valence-corrected chi connectivity index (χ3v) is 5.90. The number of nitrogens with zero attached hydrogens (tertiary/aromatic N) is 3. The van der Waals surface area contributed by atoms with Crippen LogP contribution in [0.3, 0.4) is 0 Å². The lowest BCUT2D eigenvalue weighted by atomic mass is 10.2. The first-order chi connectivity index (χ1) is 16.5. The molecule has 1 atom stereocenters. The maximum Gasteiger partial charge on any atom is 0.261 e. The van der Waals surface area contributed by atoms with Crippen LogP contribution in [-0.4, -0.2) is 27.0 Å². The second-order valence-electron chi connectivity index (χ2n) is 7.94. The first kappa shape index (κ1) is 23.7. The zero-order chi connectivity index (χ0) is 24.1. The Kier molecular flexibility index (Phi) is 7.45. The average Bonchev–Trinajstić information content (AvgIpc) is 3.36. The molecular formula is C26H26ClN3O4. The zero-order valence-electron chi connectivity index (χ0n) is 19.1. The summed E-state index contributed by atoms with van der Waals surface area (Å²) in [5.74, 6) is 0.888. The lowest BCUT2D eigenvalue weighted by Gasteiger charge is -2.29. The second-order valence-corrected chi connectivity index (χ2v) is 8.37. The van der Waals surface area contributed by atoms with E-state index in [1.807, 2.05) is 44.2 Å². The molecule has 1 amide bonds. The number of hydrogen-bond acceptors (Lipinski definition) is 5. The van der Waals surface area contributed by atoms with E-state index in [0.29, 0.717) is 40.7 Å². The lowest BCUT2D eigenvalue weighted by Crippen LogP contribution is -2.39. The fourth-order valence-electron chi connectivity index (χ4n) is 3.90. The van der Waals surface area contributed by atoms with Gasteiger partial charge in [-0.2, -0.15) is 0 Å². The van der Waals surface area contributed by atoms with Crippen LogP contribution in [-0.2, 0) is 29.2 Å². The molecule has 0 N–H and O–H groups in total. The van der Waals surface area contributed by atoms with Gasteiger partial charge in [-0.15, -0.1) is 0 Å². The number of carbonyl (C=O) groups excluding carboxylic acids is 1. The SMILES string of the molecule is CCn1c(C(C)N(Cc2ccco2)C(=O)COCc2ccccc2)nc2ccc(Cl)cc2c1=O. The molecule has 0 saturated carbocycles. The minimum absolute atomic E-state index is 0.112. The Labute approximate surface area is 202 Å². The summed E-state index contributed by atoms with van der Waals surface area (Å²) in [5.41, 5.74) is 1.32. The molecular weight excluding hydrogens is 454 g/mol. The van der Waals surface area contributed by atoms with Crippen LogP contribution >= 0.6 is 11.6 Å². The number of fused-ring (bicyclic) bond motifs is 1. The van der Waals surface area contributed by atoms with E-state index < -0.39 is 6.04 Å². The molecule has 0 spiro atoms. The number of halogens is 1. The summed E-state index contributed by atoms with van der Waals surface area (Å²) in [6, 6.07) is 17.8. The van der Waals surface area contributed by atoms with Gasteiger partial charge in [-0.25, -0.2) is 4.98 Å². The number of hydrogen-bond donors (Lipinski definition) is 0. The Morgan fingerprint density at radius 1 is 1.18 bits per heavy atom. The molecule has 0 aliphatic heterocycles. The van der Waals surface area contributed by atoms with Crippen LogP contribution in [0.5, 0.6) is 0 Å². The number of amides is 1. The van der Waals surface area contributed by atoms with Gasteiger partial charge in [0.15, 0.2) is 0 Å². The molecule has 176 valence electrons. The Balaban J connectivity index is 1.64. The molecule has 0 aliphatic carbocycles. The number of ether oxygens (including phenoxy) is 1. The van der Waals surface area contributed by atoms with Crippen molar-refractivity contribution < 1.29 is 13.9 Å². The third-order valence-electron chi connectivity index (χ3n) is 5.67. The van der Waals surface area contributed by atoms with Crippen LogP contribution in [0.1, 0.15) is 37.0 Å². The molecule has 0 saturated heterocycles. The van der Waals surface area contributed by atoms with Gasteiger partial charge in [0.25, 0.3) is 5.56 Å². The Hall–Kier alpha value is -3.42. The van der Waals surface area contributed by atoms with E-state index in [9.17, 15) is 9.59 Å². The van der Waals surface area contributed by atoms with Gasteiger partial charge in [0, 0.05) is 11.6 Å². The second kappa shape index (κ2) is 10.7. The third kappa shape index (κ3) is 5.21. The summed E-state index contributed by atoms with van der Waals surface area (Å²) < 4.78 is 12.8. The fourth-order valence-corrected chi connectivity index (χ4v) is 4.07. The smallest absolute Gasteiger partial charge is 0.261 e. The standard InChI is InChI=1S/C26H26ClN3O4/c1-3-29-25(28-23-12-11-20(27)14-22(23)26(29)32)18(2)30(15-21-10-7-13-34-21)24(31)17-33-16-19-8-5-4-6-9-19/h4-14,18H,3,15-17H2,1-2H3. The number of carbonyl (C=O) groups is 1. The summed E-state index contributed by atoms with van der Waals surface area (Å²) in [4.78, 5) is 32.9. The number of rotatable bonds is 9. The van der Waals surface area contributed by atoms with E-state index in [4.69, 9.17) is 25.7 Å². The molecule has 7 nitrogen and oxygen atoms in total. The highest BCUT2D eigenvalue weighted by Crippen LogP contribution is 2.24. The average molecular weight is 480 g/mol. The fraction of sp³-hybridized carbons (Fsp3) is 0.269. The van der Waals surface area contributed by atoms with Crippen molar-refractivity contribution in [2.45, 2.75) is 39.6 Å². The molecule has 2 aromatic heterocycles. The van der Waals surface area contributed by atoms with Crippen molar-refractivity contribution in [1.82, 2.24) is 14.5 Å². The zero-order valence-corrected chi connectivity index (χ0v) is 19.9. The molecule has 2 aromatic carbocycles. The first-order valence-electron chi connectivity index (χ1n) is 11.1. The molecule has 34 heavy (non-hydrogen) atoms. The molecule has 0 bridgehead atoms. The van der Waals surface area contributed by atoms with E-state index in [-0.39, 0.29) is 24.6 Å². The lowest BCUT2D eigenvalue weighted by molar-refractivity contribution is -0.140. The highest BCUT2D eigenvalue weighted by Gasteiger charge is 2.27. The van der Waals surface area contributed by atoms with Gasteiger partial charge in [-0.1, -0.05) is 41.9 Å². The summed E-state index contributed by atoms with van der Waals surface area (Å²) in [5, 5.41) is 0.917. The summed E-state index contributed by atoms with van der Waals surface area (Å²) in [6.07, 6.45) is 1.56. The molecule has 1 unspecified atom stereocenters. The maximum atomic E-state index is 13.3. The molecule has 4 rings (SSSR count). The van der Waals surface area contributed by atoms with E-state index in [0.717, 1.165) is 5.56 Å². The number of furan rings is 1. The Morgan fingerprint density at radius 3 is 2.68 bits per heavy atom. The minimum Gasteiger partial charge on any atom is -0.467 e. The van der Waals surface area contributed by atoms with Crippen molar-refractivity contribution in [2.24, 2.45) is 0 Å². The van der Waals surface area contributed by atoms with Crippen molar-refractivity contribution >= 4 is 28.4 Å². The number of aromatic nitrogens is 2. The summed E-state index contributed by atoms with van der Waals surface area (Å²) >= 11 is 6.10. The molecule has 0 aliphatic rings. The van der Waals surface area contributed by atoms with Gasteiger partial charge in [0.2, 0.25) is 5.91 Å². The normalized spacial score (nSPS) is 12.1. The predicted molar refractivity (Wildman–Crippen MR) is 130 cm³/mol. The van der Waals surface area contributed by atoms with Gasteiger partial charge >= 0.3 is 0 Å². The van der Waals surface area contributed by atoms with Crippen LogP contribution in [0.2, 0.25) is 5.02 Å². The molecule has 4 aromatic rings. The van der Waals surface area contributed by atoms with Gasteiger partial charge < -0.3 is 14.1 Å². The topological polar surface area (TPSA) is 77.6 Å². The van der Waals surface area contributed by atoms with Crippen LogP contribution in [0.4, 0.5) is 0 Å². The van der Waals surface area contributed by atoms with E-state index >= 15 is 0 Å². The Bertz CT molecular complexity index is 1320. The monoisotopic (exact) mass is 479 g/mol. The highest BCUT2D eigenvalue weighted by molar-refractivity contribution is 6.31. The largest absolute Gasteiger partial charge is 0.467 e.